The average Bonchev–Trinajstić information content (AvgIpc) is 2.78. The second-order valence-electron chi connectivity index (χ2n) is 9.88. The first-order valence-corrected chi connectivity index (χ1v) is 12.3. The molecule has 0 amide bonds. The third kappa shape index (κ3) is 10.1. The van der Waals surface area contributed by atoms with Gasteiger partial charge in [0.2, 0.25) is 5.78 Å². The summed E-state index contributed by atoms with van der Waals surface area (Å²) in [5.41, 5.74) is -1.76. The number of unbranched alkanes of at least 4 members (excludes halogenated alkanes) is 7. The Morgan fingerprint density at radius 2 is 1.44 bits per heavy atom. The molecule has 0 aliphatic carbocycles. The molecule has 0 saturated heterocycles. The van der Waals surface area contributed by atoms with Crippen molar-refractivity contribution in [2.24, 2.45) is 5.41 Å². The van der Waals surface area contributed by atoms with Crippen molar-refractivity contribution in [1.29, 1.82) is 0 Å². The smallest absolute Gasteiger partial charge is 0.307 e. The van der Waals surface area contributed by atoms with Gasteiger partial charge in [0.25, 0.3) is 0 Å². The zero-order chi connectivity index (χ0) is 25.6. The summed E-state index contributed by atoms with van der Waals surface area (Å²) < 4.78 is 11.3. The highest BCUT2D eigenvalue weighted by molar-refractivity contribution is 6.04. The van der Waals surface area contributed by atoms with E-state index in [1.807, 2.05) is 6.08 Å². The molecule has 0 aromatic heterocycles. The van der Waals surface area contributed by atoms with E-state index in [2.05, 4.69) is 6.58 Å². The summed E-state index contributed by atoms with van der Waals surface area (Å²) in [5.74, 6) is -1.74. The van der Waals surface area contributed by atoms with Gasteiger partial charge in [0.15, 0.2) is 5.60 Å². The number of carboxylic acid groups (broad SMARTS) is 1. The van der Waals surface area contributed by atoms with E-state index in [1.165, 1.54) is 32.1 Å². The van der Waals surface area contributed by atoms with Crippen LogP contribution in [0.1, 0.15) is 102 Å². The molecule has 0 saturated carbocycles. The zero-order valence-corrected chi connectivity index (χ0v) is 21.3. The van der Waals surface area contributed by atoms with Crippen LogP contribution in [0.2, 0.25) is 0 Å². The predicted octanol–water partition coefficient (Wildman–Crippen LogP) is 5.43. The predicted molar refractivity (Wildman–Crippen MR) is 132 cm³/mol. The van der Waals surface area contributed by atoms with Crippen LogP contribution in [0.5, 0.6) is 5.75 Å². The number of ketones is 1. The fraction of sp³-hybridized carbons (Fsp3) is 0.607. The molecule has 6 heteroatoms. The van der Waals surface area contributed by atoms with Gasteiger partial charge in [0, 0.05) is 16.9 Å². The van der Waals surface area contributed by atoms with Crippen molar-refractivity contribution in [2.75, 3.05) is 6.61 Å². The van der Waals surface area contributed by atoms with E-state index < -0.39 is 29.4 Å². The monoisotopic (exact) mass is 473 g/mol. The number of aliphatic carboxylic acids is 1. The average molecular weight is 474 g/mol. The Balaban J connectivity index is 2.57. The van der Waals surface area contributed by atoms with E-state index in [0.29, 0.717) is 17.9 Å². The molecule has 190 valence electrons. The lowest BCUT2D eigenvalue weighted by atomic mass is 9.73. The second kappa shape index (κ2) is 14.6. The molecule has 1 aromatic rings. The van der Waals surface area contributed by atoms with Gasteiger partial charge in [0.05, 0.1) is 13.0 Å². The highest BCUT2D eigenvalue weighted by Gasteiger charge is 2.48. The number of carbonyl (C=O) groups excluding carboxylic acids is 3. The van der Waals surface area contributed by atoms with Gasteiger partial charge < -0.3 is 19.4 Å². The number of carboxylic acids is 1. The molecule has 0 spiro atoms. The van der Waals surface area contributed by atoms with Crippen LogP contribution < -0.4 is 9.84 Å². The molecule has 0 aliphatic heterocycles. The minimum atomic E-state index is -1.45. The number of benzene rings is 1. The van der Waals surface area contributed by atoms with Crippen LogP contribution in [0, 0.1) is 5.41 Å². The fourth-order valence-corrected chi connectivity index (χ4v) is 3.47. The molecule has 0 bridgehead atoms. The maximum Gasteiger partial charge on any atom is 0.307 e. The van der Waals surface area contributed by atoms with Gasteiger partial charge in [0.1, 0.15) is 5.75 Å². The largest absolute Gasteiger partial charge is 0.550 e. The summed E-state index contributed by atoms with van der Waals surface area (Å²) in [7, 11) is 0. The van der Waals surface area contributed by atoms with Crippen molar-refractivity contribution < 1.29 is 29.0 Å². The first-order chi connectivity index (χ1) is 16.0. The molecule has 1 rings (SSSR count). The third-order valence-corrected chi connectivity index (χ3v) is 6.15. The topological polar surface area (TPSA) is 92.7 Å². The number of hydrogen-bond acceptors (Lipinski definition) is 6. The number of rotatable bonds is 17. The Kier molecular flexibility index (Phi) is 12.6. The number of carbonyl (C=O) groups is 3. The Morgan fingerprint density at radius 3 is 1.97 bits per heavy atom. The van der Waals surface area contributed by atoms with E-state index in [4.69, 9.17) is 9.47 Å². The molecule has 0 heterocycles. The Bertz CT molecular complexity index is 790. The number of allylic oxidation sites excluding steroid dienone is 1. The van der Waals surface area contributed by atoms with Gasteiger partial charge >= 0.3 is 5.97 Å². The molecule has 1 unspecified atom stereocenters. The van der Waals surface area contributed by atoms with E-state index in [9.17, 15) is 19.5 Å². The van der Waals surface area contributed by atoms with Crippen molar-refractivity contribution in [3.05, 3.63) is 42.5 Å². The van der Waals surface area contributed by atoms with Gasteiger partial charge in [-0.25, -0.2) is 0 Å². The standard InChI is InChI=1S/C28H42O6/c1-6-7-8-9-10-11-12-13-14-21-33-23-17-15-22(16-18-23)26(32)28(5,27(2,3)4)34-25(31)20-19-24(29)30/h6,15-18H,1,7-14,19-21H2,2-5H3,(H,29,30)/p-1. The molecule has 6 nitrogen and oxygen atoms in total. The quantitative estimate of drug-likeness (QED) is 0.130. The van der Waals surface area contributed by atoms with Crippen LogP contribution >= 0.6 is 0 Å². The molecule has 0 aliphatic rings. The summed E-state index contributed by atoms with van der Waals surface area (Å²) >= 11 is 0. The third-order valence-electron chi connectivity index (χ3n) is 6.15. The zero-order valence-electron chi connectivity index (χ0n) is 21.3. The van der Waals surface area contributed by atoms with Gasteiger partial charge in [-0.15, -0.1) is 6.58 Å². The molecular formula is C28H41O6-. The SMILES string of the molecule is C=CCCCCCCCCCOc1ccc(C(=O)C(C)(OC(=O)CCC(=O)[O-])C(C)(C)C)cc1. The minimum absolute atomic E-state index is 0.344. The van der Waals surface area contributed by atoms with Crippen LogP contribution in [0.3, 0.4) is 0 Å². The molecule has 0 N–H and O–H groups in total. The van der Waals surface area contributed by atoms with Crippen LogP contribution in [-0.4, -0.2) is 29.9 Å². The van der Waals surface area contributed by atoms with Gasteiger partial charge in [-0.1, -0.05) is 59.0 Å². The van der Waals surface area contributed by atoms with Crippen LogP contribution in [0.15, 0.2) is 36.9 Å². The van der Waals surface area contributed by atoms with Crippen LogP contribution in [0.25, 0.3) is 0 Å². The first-order valence-electron chi connectivity index (χ1n) is 12.3. The van der Waals surface area contributed by atoms with Crippen molar-refractivity contribution in [3.63, 3.8) is 0 Å². The van der Waals surface area contributed by atoms with Crippen molar-refractivity contribution >= 4 is 17.7 Å². The minimum Gasteiger partial charge on any atom is -0.550 e. The summed E-state index contributed by atoms with van der Waals surface area (Å²) in [4.78, 5) is 36.1. The normalized spacial score (nSPS) is 13.1. The van der Waals surface area contributed by atoms with Gasteiger partial charge in [-0.2, -0.15) is 0 Å². The van der Waals surface area contributed by atoms with E-state index in [-0.39, 0.29) is 12.2 Å². The number of Topliss-reactive ketones (excluding diaryl/α,β-unsaturated/α-hetero) is 1. The lowest BCUT2D eigenvalue weighted by Crippen LogP contribution is -2.51. The van der Waals surface area contributed by atoms with Crippen molar-refractivity contribution in [1.82, 2.24) is 0 Å². The lowest BCUT2D eigenvalue weighted by molar-refractivity contribution is -0.305. The number of esters is 1. The summed E-state index contributed by atoms with van der Waals surface area (Å²) in [6.07, 6.45) is 10.6. The highest BCUT2D eigenvalue weighted by Crippen LogP contribution is 2.37. The van der Waals surface area contributed by atoms with Crippen LogP contribution in [-0.2, 0) is 14.3 Å². The number of hydrogen-bond donors (Lipinski definition) is 0. The van der Waals surface area contributed by atoms with Crippen molar-refractivity contribution in [2.45, 2.75) is 97.5 Å². The van der Waals surface area contributed by atoms with E-state index in [0.717, 1.165) is 19.3 Å². The number of ether oxygens (including phenoxy) is 2. The molecule has 34 heavy (non-hydrogen) atoms. The molecule has 1 atom stereocenters. The summed E-state index contributed by atoms with van der Waals surface area (Å²) in [6.45, 7) is 11.3. The molecule has 0 radical (unpaired) electrons. The fourth-order valence-electron chi connectivity index (χ4n) is 3.47. The lowest BCUT2D eigenvalue weighted by Gasteiger charge is -2.39. The summed E-state index contributed by atoms with van der Waals surface area (Å²) in [5, 5.41) is 10.6. The Labute approximate surface area is 204 Å². The summed E-state index contributed by atoms with van der Waals surface area (Å²) in [6, 6.07) is 6.82. The molecule has 0 fully saturated rings. The highest BCUT2D eigenvalue weighted by atomic mass is 16.6. The van der Waals surface area contributed by atoms with E-state index >= 15 is 0 Å². The van der Waals surface area contributed by atoms with E-state index in [1.54, 1.807) is 52.0 Å². The molecule has 1 aromatic carbocycles. The maximum absolute atomic E-state index is 13.3. The van der Waals surface area contributed by atoms with Crippen molar-refractivity contribution in [3.8, 4) is 5.75 Å². The van der Waals surface area contributed by atoms with Gasteiger partial charge in [-0.3, -0.25) is 9.59 Å². The maximum atomic E-state index is 13.3. The first kappa shape index (κ1) is 29.4. The van der Waals surface area contributed by atoms with Gasteiger partial charge in [-0.05, 0) is 56.9 Å². The Hall–Kier alpha value is -2.63. The van der Waals surface area contributed by atoms with Crippen LogP contribution in [0.4, 0.5) is 0 Å². The second-order valence-corrected chi connectivity index (χ2v) is 9.88. The Morgan fingerprint density at radius 1 is 0.882 bits per heavy atom. The molecular weight excluding hydrogens is 432 g/mol.